The molecule has 2 aromatic rings. The number of carbonyl (C=O) groups is 1. The Kier molecular flexibility index (Phi) is 8.83. The molecule has 2 aromatic carbocycles. The highest BCUT2D eigenvalue weighted by molar-refractivity contribution is 5.67. The van der Waals surface area contributed by atoms with E-state index in [4.69, 9.17) is 10.5 Å². The van der Waals surface area contributed by atoms with Crippen LogP contribution in [-0.4, -0.2) is 36.3 Å². The normalized spacial score (nSPS) is 15.3. The Balaban J connectivity index is 0.000000303. The molecule has 192 valence electrons. The average Bonchev–Trinajstić information content (AvgIpc) is 3.17. The van der Waals surface area contributed by atoms with Crippen molar-refractivity contribution in [1.29, 1.82) is 0 Å². The van der Waals surface area contributed by atoms with Crippen LogP contribution in [-0.2, 0) is 4.74 Å². The molecule has 1 unspecified atom stereocenters. The Morgan fingerprint density at radius 3 is 2.14 bits per heavy atom. The number of carbonyl (C=O) groups excluding carboxylic acids is 1. The minimum absolute atomic E-state index is 0.0565. The van der Waals surface area contributed by atoms with Crippen LogP contribution in [0.15, 0.2) is 24.3 Å². The zero-order chi connectivity index (χ0) is 26.5. The predicted molar refractivity (Wildman–Crippen MR) is 118 cm³/mol. The van der Waals surface area contributed by atoms with Gasteiger partial charge < -0.3 is 20.7 Å². The summed E-state index contributed by atoms with van der Waals surface area (Å²) < 4.78 is 69.8. The molecule has 35 heavy (non-hydrogen) atoms. The Labute approximate surface area is 198 Å². The first-order chi connectivity index (χ1) is 16.2. The smallest absolute Gasteiger partial charge is 0.407 e. The van der Waals surface area contributed by atoms with Gasteiger partial charge in [-0.25, -0.2) is 26.7 Å². The highest BCUT2D eigenvalue weighted by Gasteiger charge is 2.28. The second kappa shape index (κ2) is 11.2. The molecule has 1 heterocycles. The number of nitro groups is 1. The van der Waals surface area contributed by atoms with E-state index in [1.165, 1.54) is 0 Å². The monoisotopic (exact) mass is 504 g/mol. The van der Waals surface area contributed by atoms with Gasteiger partial charge in [-0.3, -0.25) is 10.1 Å². The molecule has 1 fully saturated rings. The number of nitrogen functional groups attached to an aromatic ring is 1. The fourth-order valence-corrected chi connectivity index (χ4v) is 3.28. The first-order valence-electron chi connectivity index (χ1n) is 10.4. The topological polar surface area (TPSA) is 111 Å². The maximum Gasteiger partial charge on any atom is 0.407 e. The molecule has 0 radical (unpaired) electrons. The van der Waals surface area contributed by atoms with Crippen molar-refractivity contribution < 1.29 is 36.4 Å². The number of benzene rings is 2. The van der Waals surface area contributed by atoms with Crippen molar-refractivity contribution in [3.8, 4) is 0 Å². The van der Waals surface area contributed by atoms with Crippen LogP contribution in [0.2, 0.25) is 0 Å². The third kappa shape index (κ3) is 7.97. The molecule has 8 nitrogen and oxygen atoms in total. The van der Waals surface area contributed by atoms with Crippen molar-refractivity contribution in [2.75, 3.05) is 30.3 Å². The molecule has 1 saturated heterocycles. The van der Waals surface area contributed by atoms with E-state index in [1.54, 1.807) is 25.7 Å². The van der Waals surface area contributed by atoms with Gasteiger partial charge in [0.25, 0.3) is 5.69 Å². The van der Waals surface area contributed by atoms with E-state index >= 15 is 0 Å². The maximum atomic E-state index is 13.9. The number of alkyl carbamates (subject to hydrolysis) is 1. The Morgan fingerprint density at radius 2 is 1.66 bits per heavy atom. The molecule has 0 spiro atoms. The van der Waals surface area contributed by atoms with Crippen molar-refractivity contribution in [2.24, 2.45) is 5.92 Å². The van der Waals surface area contributed by atoms with Crippen molar-refractivity contribution in [3.05, 3.63) is 63.5 Å². The van der Waals surface area contributed by atoms with E-state index in [2.05, 4.69) is 5.32 Å². The van der Waals surface area contributed by atoms with Crippen molar-refractivity contribution >= 4 is 23.2 Å². The number of amides is 1. The molecule has 0 aromatic heterocycles. The average molecular weight is 504 g/mol. The highest BCUT2D eigenvalue weighted by Crippen LogP contribution is 2.30. The van der Waals surface area contributed by atoms with Gasteiger partial charge in [-0.2, -0.15) is 0 Å². The molecular weight excluding hydrogens is 479 g/mol. The summed E-state index contributed by atoms with van der Waals surface area (Å²) in [4.78, 5) is 22.2. The van der Waals surface area contributed by atoms with Crippen LogP contribution in [0.25, 0.3) is 0 Å². The fourth-order valence-electron chi connectivity index (χ4n) is 3.28. The van der Waals surface area contributed by atoms with Crippen molar-refractivity contribution in [3.63, 3.8) is 0 Å². The molecule has 0 bridgehead atoms. The van der Waals surface area contributed by atoms with Gasteiger partial charge in [0.2, 0.25) is 0 Å². The summed E-state index contributed by atoms with van der Waals surface area (Å²) in [6.45, 7) is 6.76. The van der Waals surface area contributed by atoms with Crippen LogP contribution in [0, 0.1) is 45.1 Å². The van der Waals surface area contributed by atoms with Crippen molar-refractivity contribution in [1.82, 2.24) is 5.32 Å². The van der Waals surface area contributed by atoms with Crippen LogP contribution in [0.1, 0.15) is 27.2 Å². The number of nitrogens with one attached hydrogen (secondary N) is 1. The van der Waals surface area contributed by atoms with Gasteiger partial charge >= 0.3 is 6.09 Å². The van der Waals surface area contributed by atoms with Crippen LogP contribution in [0.4, 0.5) is 43.8 Å². The maximum absolute atomic E-state index is 13.9. The first-order valence-corrected chi connectivity index (χ1v) is 10.4. The molecule has 13 heteroatoms. The molecule has 3 N–H and O–H groups in total. The lowest BCUT2D eigenvalue weighted by molar-refractivity contribution is -0.385. The minimum Gasteiger partial charge on any atom is -0.444 e. The quantitative estimate of drug-likeness (QED) is 0.201. The number of hydrogen-bond acceptors (Lipinski definition) is 6. The van der Waals surface area contributed by atoms with Crippen LogP contribution < -0.4 is 16.0 Å². The van der Waals surface area contributed by atoms with Gasteiger partial charge in [0.1, 0.15) is 11.3 Å². The zero-order valence-electron chi connectivity index (χ0n) is 19.2. The SMILES string of the molecule is CC(C)(C)OC(=O)NCC1CCN(c2c(F)cc(N)cc2F)C1.O=[N+]([O-])c1cc(F)c(F)c(F)c1. The van der Waals surface area contributed by atoms with Gasteiger partial charge in [-0.05, 0) is 45.2 Å². The van der Waals surface area contributed by atoms with Gasteiger partial charge in [-0.15, -0.1) is 0 Å². The summed E-state index contributed by atoms with van der Waals surface area (Å²) in [7, 11) is 0. The number of nitrogens with two attached hydrogens (primary N) is 1. The number of ether oxygens (including phenoxy) is 1. The number of hydrogen-bond donors (Lipinski definition) is 2. The van der Waals surface area contributed by atoms with E-state index < -0.39 is 51.4 Å². The highest BCUT2D eigenvalue weighted by atomic mass is 19.2. The summed E-state index contributed by atoms with van der Waals surface area (Å²) in [5, 5.41) is 12.7. The van der Waals surface area contributed by atoms with E-state index in [0.29, 0.717) is 31.8 Å². The second-order valence-corrected chi connectivity index (χ2v) is 8.80. The van der Waals surface area contributed by atoms with Crippen LogP contribution in [0.5, 0.6) is 0 Å². The molecule has 1 amide bonds. The summed E-state index contributed by atoms with van der Waals surface area (Å²) in [6.07, 6.45) is 0.250. The summed E-state index contributed by atoms with van der Waals surface area (Å²) >= 11 is 0. The summed E-state index contributed by atoms with van der Waals surface area (Å²) in [5.74, 6) is -6.06. The lowest BCUT2D eigenvalue weighted by Crippen LogP contribution is -2.36. The fraction of sp³-hybridized carbons (Fsp3) is 0.409. The first kappa shape index (κ1) is 27.6. The van der Waals surface area contributed by atoms with E-state index in [1.807, 2.05) is 0 Å². The van der Waals surface area contributed by atoms with E-state index in [-0.39, 0.29) is 17.3 Å². The lowest BCUT2D eigenvalue weighted by atomic mass is 10.1. The van der Waals surface area contributed by atoms with Crippen LogP contribution in [0.3, 0.4) is 0 Å². The summed E-state index contributed by atoms with van der Waals surface area (Å²) in [5.41, 5.74) is 4.06. The zero-order valence-corrected chi connectivity index (χ0v) is 19.2. The molecule has 0 saturated carbocycles. The molecule has 0 aliphatic carbocycles. The van der Waals surface area contributed by atoms with Gasteiger partial charge in [0.15, 0.2) is 29.1 Å². The summed E-state index contributed by atoms with van der Waals surface area (Å²) in [6, 6.07) is 2.87. The van der Waals surface area contributed by atoms with Gasteiger partial charge in [-0.1, -0.05) is 0 Å². The molecular formula is C22H25F5N4O4. The lowest BCUT2D eigenvalue weighted by Gasteiger charge is -2.22. The number of nitrogens with zero attached hydrogens (tertiary/aromatic N) is 2. The second-order valence-electron chi connectivity index (χ2n) is 8.80. The van der Waals surface area contributed by atoms with E-state index in [0.717, 1.165) is 18.6 Å². The largest absolute Gasteiger partial charge is 0.444 e. The minimum atomic E-state index is -1.71. The number of nitro benzene ring substituents is 1. The van der Waals surface area contributed by atoms with Gasteiger partial charge in [0, 0.05) is 25.3 Å². The Morgan fingerprint density at radius 1 is 1.11 bits per heavy atom. The predicted octanol–water partition coefficient (Wildman–Crippen LogP) is 4.91. The molecule has 1 aliphatic heterocycles. The number of anilines is 2. The van der Waals surface area contributed by atoms with Crippen LogP contribution >= 0.6 is 0 Å². The molecule has 1 aliphatic rings. The third-order valence-corrected chi connectivity index (χ3v) is 4.75. The Hall–Kier alpha value is -3.64. The Bertz CT molecular complexity index is 1050. The number of rotatable bonds is 4. The standard InChI is InChI=1S/C16H23F2N3O2.C6H2F3NO2/c1-16(2,3)23-15(22)20-8-10-4-5-21(9-10)14-12(17)6-11(19)7-13(14)18;7-4-1-3(10(11)12)2-5(8)6(4)9/h6-7,10H,4-5,8-9,19H2,1-3H3,(H,20,22);1-2H. The molecule has 1 atom stereocenters. The van der Waals surface area contributed by atoms with Crippen molar-refractivity contribution in [2.45, 2.75) is 32.8 Å². The third-order valence-electron chi connectivity index (χ3n) is 4.75. The van der Waals surface area contributed by atoms with Gasteiger partial charge in [0.05, 0.1) is 17.1 Å². The molecule has 3 rings (SSSR count). The van der Waals surface area contributed by atoms with E-state index in [9.17, 15) is 36.9 Å². The number of halogens is 5. The number of non-ortho nitro benzene ring substituents is 1.